The van der Waals surface area contributed by atoms with Gasteiger partial charge in [-0.15, -0.1) is 0 Å². The summed E-state index contributed by atoms with van der Waals surface area (Å²) in [7, 11) is 0. The number of ether oxygens (including phenoxy) is 2. The molecule has 1 aromatic rings. The third-order valence-electron chi connectivity index (χ3n) is 4.59. The molecule has 0 atom stereocenters. The minimum atomic E-state index is 0.813. The van der Waals surface area contributed by atoms with Crippen LogP contribution in [0, 0.1) is 17.8 Å². The first-order valence-corrected chi connectivity index (χ1v) is 8.25. The molecule has 0 radical (unpaired) electrons. The zero-order valence-corrected chi connectivity index (χ0v) is 12.1. The molecular weight excluding hydrogens is 248 g/mol. The van der Waals surface area contributed by atoms with Crippen LogP contribution in [0.15, 0.2) is 18.2 Å². The molecule has 0 unspecified atom stereocenters. The second-order valence-corrected chi connectivity index (χ2v) is 6.93. The van der Waals surface area contributed by atoms with Crippen LogP contribution >= 0.6 is 0 Å². The van der Waals surface area contributed by atoms with Crippen LogP contribution in [0.25, 0.3) is 0 Å². The van der Waals surface area contributed by atoms with Crippen molar-refractivity contribution in [1.82, 2.24) is 0 Å². The maximum atomic E-state index is 6.03. The van der Waals surface area contributed by atoms with Gasteiger partial charge in [0.2, 0.25) is 0 Å². The molecule has 0 saturated heterocycles. The van der Waals surface area contributed by atoms with E-state index in [1.165, 1.54) is 50.5 Å². The highest BCUT2D eigenvalue weighted by Crippen LogP contribution is 2.38. The zero-order chi connectivity index (χ0) is 13.4. The lowest BCUT2D eigenvalue weighted by molar-refractivity contribution is 0.288. The van der Waals surface area contributed by atoms with Crippen molar-refractivity contribution < 1.29 is 9.47 Å². The number of benzene rings is 1. The summed E-state index contributed by atoms with van der Waals surface area (Å²) in [6.45, 7) is 1.80. The molecule has 3 aliphatic rings. The maximum Gasteiger partial charge on any atom is 0.122 e. The molecule has 0 bridgehead atoms. The highest BCUT2D eigenvalue weighted by atomic mass is 16.5. The molecule has 0 N–H and O–H groups in total. The molecule has 0 spiro atoms. The Morgan fingerprint density at radius 3 is 2.10 bits per heavy atom. The molecule has 2 nitrogen and oxygen atoms in total. The van der Waals surface area contributed by atoms with Crippen molar-refractivity contribution in [2.24, 2.45) is 17.8 Å². The Bertz CT molecular complexity index is 470. The van der Waals surface area contributed by atoms with Crippen LogP contribution in [0.4, 0.5) is 0 Å². The molecule has 1 aromatic carbocycles. The number of rotatable bonds is 8. The molecule has 0 aromatic heterocycles. The van der Waals surface area contributed by atoms with Gasteiger partial charge in [-0.1, -0.05) is 0 Å². The fourth-order valence-corrected chi connectivity index (χ4v) is 2.57. The molecule has 2 heteroatoms. The predicted octanol–water partition coefficient (Wildman–Crippen LogP) is 4.22. The Morgan fingerprint density at radius 1 is 0.800 bits per heavy atom. The third kappa shape index (κ3) is 3.47. The van der Waals surface area contributed by atoms with Crippen LogP contribution < -0.4 is 9.47 Å². The summed E-state index contributed by atoms with van der Waals surface area (Å²) >= 11 is 0. The summed E-state index contributed by atoms with van der Waals surface area (Å²) in [4.78, 5) is 0. The van der Waals surface area contributed by atoms with Crippen LogP contribution in [0.1, 0.15) is 44.1 Å². The van der Waals surface area contributed by atoms with E-state index in [0.717, 1.165) is 42.5 Å². The van der Waals surface area contributed by atoms with Gasteiger partial charge in [0.1, 0.15) is 11.5 Å². The minimum Gasteiger partial charge on any atom is -0.493 e. The van der Waals surface area contributed by atoms with Gasteiger partial charge in [0.15, 0.2) is 0 Å². The molecule has 3 aliphatic carbocycles. The van der Waals surface area contributed by atoms with Gasteiger partial charge >= 0.3 is 0 Å². The van der Waals surface area contributed by atoms with E-state index in [0.29, 0.717) is 0 Å². The van der Waals surface area contributed by atoms with Crippen molar-refractivity contribution >= 4 is 0 Å². The summed E-state index contributed by atoms with van der Waals surface area (Å²) in [6.07, 6.45) is 9.32. The first kappa shape index (κ1) is 12.6. The Morgan fingerprint density at radius 2 is 1.45 bits per heavy atom. The van der Waals surface area contributed by atoms with Gasteiger partial charge in [-0.2, -0.15) is 0 Å². The third-order valence-corrected chi connectivity index (χ3v) is 4.59. The molecule has 20 heavy (non-hydrogen) atoms. The van der Waals surface area contributed by atoms with E-state index in [-0.39, 0.29) is 0 Å². The van der Waals surface area contributed by atoms with E-state index < -0.39 is 0 Å². The first-order chi connectivity index (χ1) is 9.87. The van der Waals surface area contributed by atoms with E-state index in [9.17, 15) is 0 Å². The monoisotopic (exact) mass is 272 g/mol. The van der Waals surface area contributed by atoms with Crippen molar-refractivity contribution in [2.75, 3.05) is 13.2 Å². The van der Waals surface area contributed by atoms with Crippen molar-refractivity contribution in [3.63, 3.8) is 0 Å². The fraction of sp³-hybridized carbons (Fsp3) is 0.667. The number of hydrogen-bond donors (Lipinski definition) is 0. The van der Waals surface area contributed by atoms with Gasteiger partial charge in [0, 0.05) is 0 Å². The van der Waals surface area contributed by atoms with E-state index in [1.54, 1.807) is 0 Å². The van der Waals surface area contributed by atoms with Gasteiger partial charge in [0.25, 0.3) is 0 Å². The van der Waals surface area contributed by atoms with Crippen molar-refractivity contribution in [1.29, 1.82) is 0 Å². The molecule has 0 amide bonds. The highest BCUT2D eigenvalue weighted by molar-refractivity contribution is 5.41. The van der Waals surface area contributed by atoms with E-state index >= 15 is 0 Å². The van der Waals surface area contributed by atoms with Gasteiger partial charge in [-0.25, -0.2) is 0 Å². The molecule has 3 saturated carbocycles. The van der Waals surface area contributed by atoms with Crippen LogP contribution in [0.2, 0.25) is 0 Å². The summed E-state index contributed by atoms with van der Waals surface area (Å²) in [5.74, 6) is 4.65. The normalized spacial score (nSPS) is 21.8. The largest absolute Gasteiger partial charge is 0.493 e. The molecule has 0 heterocycles. The van der Waals surface area contributed by atoms with Crippen molar-refractivity contribution in [3.05, 3.63) is 23.8 Å². The molecule has 108 valence electrons. The van der Waals surface area contributed by atoms with Crippen LogP contribution in [0.5, 0.6) is 11.5 Å². The summed E-state index contributed by atoms with van der Waals surface area (Å²) in [6, 6.07) is 6.44. The summed E-state index contributed by atoms with van der Waals surface area (Å²) in [5, 5.41) is 0. The van der Waals surface area contributed by atoms with Crippen LogP contribution in [-0.2, 0) is 6.42 Å². The summed E-state index contributed by atoms with van der Waals surface area (Å²) < 4.78 is 11.9. The Hall–Kier alpha value is -1.18. The minimum absolute atomic E-state index is 0.813. The van der Waals surface area contributed by atoms with Gasteiger partial charge in [-0.3, -0.25) is 0 Å². The van der Waals surface area contributed by atoms with E-state index in [2.05, 4.69) is 18.2 Å². The van der Waals surface area contributed by atoms with Crippen LogP contribution in [0.3, 0.4) is 0 Å². The summed E-state index contributed by atoms with van der Waals surface area (Å²) in [5.41, 5.74) is 1.36. The van der Waals surface area contributed by atoms with E-state index in [4.69, 9.17) is 9.47 Å². The highest BCUT2D eigenvalue weighted by Gasteiger charge is 2.26. The van der Waals surface area contributed by atoms with Gasteiger partial charge < -0.3 is 9.47 Å². The van der Waals surface area contributed by atoms with E-state index in [1.807, 2.05) is 0 Å². The second kappa shape index (κ2) is 5.31. The zero-order valence-electron chi connectivity index (χ0n) is 12.1. The lowest BCUT2D eigenvalue weighted by atomic mass is 10.1. The Balaban J connectivity index is 1.43. The number of hydrogen-bond acceptors (Lipinski definition) is 2. The first-order valence-electron chi connectivity index (χ1n) is 8.25. The van der Waals surface area contributed by atoms with Gasteiger partial charge in [-0.05, 0) is 86.5 Å². The maximum absolute atomic E-state index is 6.03. The second-order valence-electron chi connectivity index (χ2n) is 6.93. The average molecular weight is 272 g/mol. The SMILES string of the molecule is c1cc(OCC2CC2)c(CC2CC2)cc1OCC1CC1. The fourth-order valence-electron chi connectivity index (χ4n) is 2.57. The molecular formula is C18H24O2. The average Bonchev–Trinajstić information content (AvgIpc) is 3.30. The lowest BCUT2D eigenvalue weighted by Crippen LogP contribution is -2.04. The molecule has 4 rings (SSSR count). The molecule has 3 fully saturated rings. The van der Waals surface area contributed by atoms with Gasteiger partial charge in [0.05, 0.1) is 13.2 Å². The van der Waals surface area contributed by atoms with Crippen molar-refractivity contribution in [3.8, 4) is 11.5 Å². The Kier molecular flexibility index (Phi) is 3.33. The smallest absolute Gasteiger partial charge is 0.122 e. The molecule has 0 aliphatic heterocycles. The van der Waals surface area contributed by atoms with Crippen molar-refractivity contribution in [2.45, 2.75) is 44.9 Å². The Labute approximate surface area is 121 Å². The van der Waals surface area contributed by atoms with Crippen LogP contribution in [-0.4, -0.2) is 13.2 Å². The topological polar surface area (TPSA) is 18.5 Å². The lowest BCUT2D eigenvalue weighted by Gasteiger charge is -2.13. The standard InChI is InChI=1S/C18H24O2/c1-2-13(1)9-16-10-17(19-11-14-3-4-14)7-8-18(16)20-12-15-5-6-15/h7-8,10,13-15H,1-6,9,11-12H2. The quantitative estimate of drug-likeness (QED) is 0.705. The predicted molar refractivity (Wildman–Crippen MR) is 79.3 cm³/mol.